The summed E-state index contributed by atoms with van der Waals surface area (Å²) in [6.07, 6.45) is 1.51. The lowest BCUT2D eigenvalue weighted by Crippen LogP contribution is -2.46. The topological polar surface area (TPSA) is 75.2 Å². The second-order valence-electron chi connectivity index (χ2n) is 4.50. The van der Waals surface area contributed by atoms with Gasteiger partial charge in [0.15, 0.2) is 10.8 Å². The molecule has 0 saturated carbocycles. The van der Waals surface area contributed by atoms with Crippen LogP contribution in [0.15, 0.2) is 12.1 Å². The average Bonchev–Trinajstić information content (AvgIpc) is 2.40. The van der Waals surface area contributed by atoms with Gasteiger partial charge < -0.3 is 10.2 Å². The predicted octanol–water partition coefficient (Wildman–Crippen LogP) is 0.871. The average molecular weight is 283 g/mol. The molecule has 1 aromatic rings. The molecule has 1 saturated heterocycles. The zero-order chi connectivity index (χ0) is 13.8. The number of likely N-dealkylation sites (tertiary alicyclic amines) is 1. The molecular formula is C12H15ClN4O2. The van der Waals surface area contributed by atoms with Crippen molar-refractivity contribution in [2.75, 3.05) is 13.1 Å². The fourth-order valence-electron chi connectivity index (χ4n) is 2.04. The molecule has 2 rings (SSSR count). The highest BCUT2D eigenvalue weighted by Gasteiger charge is 2.22. The Kier molecular flexibility index (Phi) is 4.31. The van der Waals surface area contributed by atoms with Crippen LogP contribution in [-0.4, -0.2) is 46.0 Å². The molecule has 1 fully saturated rings. The van der Waals surface area contributed by atoms with Crippen molar-refractivity contribution in [3.8, 4) is 0 Å². The number of hydrogen-bond acceptors (Lipinski definition) is 4. The summed E-state index contributed by atoms with van der Waals surface area (Å²) in [5.74, 6) is -0.182. The quantitative estimate of drug-likeness (QED) is 0.873. The minimum absolute atomic E-state index is 0.0700. The first-order valence-corrected chi connectivity index (χ1v) is 6.49. The van der Waals surface area contributed by atoms with Gasteiger partial charge in [0.25, 0.3) is 5.91 Å². The van der Waals surface area contributed by atoms with Crippen LogP contribution in [0.1, 0.15) is 30.3 Å². The van der Waals surface area contributed by atoms with E-state index in [9.17, 15) is 9.59 Å². The molecule has 0 atom stereocenters. The maximum atomic E-state index is 11.9. The molecule has 19 heavy (non-hydrogen) atoms. The number of amides is 2. The Morgan fingerprint density at radius 3 is 2.53 bits per heavy atom. The van der Waals surface area contributed by atoms with Gasteiger partial charge in [-0.25, -0.2) is 0 Å². The molecule has 1 aliphatic rings. The van der Waals surface area contributed by atoms with E-state index in [-0.39, 0.29) is 28.7 Å². The van der Waals surface area contributed by atoms with Crippen LogP contribution < -0.4 is 5.32 Å². The summed E-state index contributed by atoms with van der Waals surface area (Å²) in [5.41, 5.74) is 0.249. The predicted molar refractivity (Wildman–Crippen MR) is 69.8 cm³/mol. The van der Waals surface area contributed by atoms with Gasteiger partial charge in [0.05, 0.1) is 0 Å². The van der Waals surface area contributed by atoms with Gasteiger partial charge in [0, 0.05) is 26.1 Å². The molecule has 0 radical (unpaired) electrons. The maximum absolute atomic E-state index is 11.9. The van der Waals surface area contributed by atoms with Crippen molar-refractivity contribution in [1.29, 1.82) is 0 Å². The summed E-state index contributed by atoms with van der Waals surface area (Å²) in [6, 6.07) is 3.14. The van der Waals surface area contributed by atoms with Crippen LogP contribution >= 0.6 is 11.6 Å². The SMILES string of the molecule is CC(=O)N1CCC(NC(=O)c2ccc(Cl)nn2)CC1. The van der Waals surface area contributed by atoms with Crippen molar-refractivity contribution < 1.29 is 9.59 Å². The molecule has 0 unspecified atom stereocenters. The van der Waals surface area contributed by atoms with Gasteiger partial charge in [0.2, 0.25) is 5.91 Å². The molecule has 6 nitrogen and oxygen atoms in total. The van der Waals surface area contributed by atoms with E-state index in [1.807, 2.05) is 0 Å². The summed E-state index contributed by atoms with van der Waals surface area (Å²) in [7, 11) is 0. The number of carbonyl (C=O) groups is 2. The van der Waals surface area contributed by atoms with Crippen LogP contribution in [0.25, 0.3) is 0 Å². The van der Waals surface area contributed by atoms with Gasteiger partial charge in [-0.15, -0.1) is 10.2 Å². The smallest absolute Gasteiger partial charge is 0.272 e. The second-order valence-corrected chi connectivity index (χ2v) is 4.88. The summed E-state index contributed by atoms with van der Waals surface area (Å²) in [4.78, 5) is 24.9. The zero-order valence-corrected chi connectivity index (χ0v) is 11.4. The van der Waals surface area contributed by atoms with Crippen LogP contribution in [0.2, 0.25) is 5.15 Å². The molecule has 0 aliphatic carbocycles. The third-order valence-corrected chi connectivity index (χ3v) is 3.34. The van der Waals surface area contributed by atoms with E-state index in [4.69, 9.17) is 11.6 Å². The van der Waals surface area contributed by atoms with Crippen molar-refractivity contribution in [1.82, 2.24) is 20.4 Å². The molecule has 2 heterocycles. The third kappa shape index (κ3) is 3.64. The van der Waals surface area contributed by atoms with E-state index in [1.54, 1.807) is 11.8 Å². The highest BCUT2D eigenvalue weighted by atomic mass is 35.5. The van der Waals surface area contributed by atoms with E-state index in [1.165, 1.54) is 12.1 Å². The Bertz CT molecular complexity index is 469. The molecule has 1 aliphatic heterocycles. The summed E-state index contributed by atoms with van der Waals surface area (Å²) >= 11 is 5.61. The van der Waals surface area contributed by atoms with Crippen LogP contribution in [-0.2, 0) is 4.79 Å². The van der Waals surface area contributed by atoms with Gasteiger partial charge in [-0.2, -0.15) is 0 Å². The Balaban J connectivity index is 1.87. The normalized spacial score (nSPS) is 16.2. The molecule has 102 valence electrons. The molecule has 0 bridgehead atoms. The van der Waals surface area contributed by atoms with Crippen LogP contribution in [0.3, 0.4) is 0 Å². The largest absolute Gasteiger partial charge is 0.348 e. The number of piperidine rings is 1. The fraction of sp³-hybridized carbons (Fsp3) is 0.500. The zero-order valence-electron chi connectivity index (χ0n) is 10.6. The molecule has 0 aromatic carbocycles. The lowest BCUT2D eigenvalue weighted by Gasteiger charge is -2.31. The number of hydrogen-bond donors (Lipinski definition) is 1. The minimum Gasteiger partial charge on any atom is -0.348 e. The number of aromatic nitrogens is 2. The van der Waals surface area contributed by atoms with Crippen molar-refractivity contribution in [2.45, 2.75) is 25.8 Å². The third-order valence-electron chi connectivity index (χ3n) is 3.14. The van der Waals surface area contributed by atoms with E-state index in [2.05, 4.69) is 15.5 Å². The standard InChI is InChI=1S/C12H15ClN4O2/c1-8(18)17-6-4-9(5-7-17)14-12(19)10-2-3-11(13)16-15-10/h2-3,9H,4-7H2,1H3,(H,14,19). The van der Waals surface area contributed by atoms with Crippen LogP contribution in [0.5, 0.6) is 0 Å². The Hall–Kier alpha value is -1.69. The molecule has 1 N–H and O–H groups in total. The molecule has 0 spiro atoms. The van der Waals surface area contributed by atoms with E-state index < -0.39 is 0 Å². The Morgan fingerprint density at radius 1 is 1.32 bits per heavy atom. The number of halogens is 1. The lowest BCUT2D eigenvalue weighted by molar-refractivity contribution is -0.129. The van der Waals surface area contributed by atoms with Gasteiger partial charge in [-0.05, 0) is 25.0 Å². The Labute approximate surface area is 116 Å². The maximum Gasteiger partial charge on any atom is 0.272 e. The van der Waals surface area contributed by atoms with Crippen molar-refractivity contribution >= 4 is 23.4 Å². The fourth-order valence-corrected chi connectivity index (χ4v) is 2.14. The molecule has 2 amide bonds. The summed E-state index contributed by atoms with van der Waals surface area (Å²) in [5, 5.41) is 10.5. The van der Waals surface area contributed by atoms with Crippen LogP contribution in [0, 0.1) is 0 Å². The van der Waals surface area contributed by atoms with Gasteiger partial charge in [-0.3, -0.25) is 9.59 Å². The number of nitrogens with one attached hydrogen (secondary N) is 1. The van der Waals surface area contributed by atoms with Crippen molar-refractivity contribution in [3.63, 3.8) is 0 Å². The summed E-state index contributed by atoms with van der Waals surface area (Å²) < 4.78 is 0. The van der Waals surface area contributed by atoms with E-state index in [0.717, 1.165) is 12.8 Å². The van der Waals surface area contributed by atoms with Gasteiger partial charge in [0.1, 0.15) is 0 Å². The lowest BCUT2D eigenvalue weighted by atomic mass is 10.0. The van der Waals surface area contributed by atoms with E-state index >= 15 is 0 Å². The highest BCUT2D eigenvalue weighted by Crippen LogP contribution is 2.11. The van der Waals surface area contributed by atoms with Crippen LogP contribution in [0.4, 0.5) is 0 Å². The second kappa shape index (κ2) is 5.97. The molecular weight excluding hydrogens is 268 g/mol. The number of nitrogens with zero attached hydrogens (tertiary/aromatic N) is 3. The number of carbonyl (C=O) groups excluding carboxylic acids is 2. The Morgan fingerprint density at radius 2 is 2.00 bits per heavy atom. The monoisotopic (exact) mass is 282 g/mol. The van der Waals surface area contributed by atoms with Gasteiger partial charge in [-0.1, -0.05) is 11.6 Å². The highest BCUT2D eigenvalue weighted by molar-refractivity contribution is 6.29. The first kappa shape index (κ1) is 13.7. The number of rotatable bonds is 2. The first-order chi connectivity index (χ1) is 9.06. The summed E-state index contributed by atoms with van der Waals surface area (Å²) in [6.45, 7) is 2.90. The van der Waals surface area contributed by atoms with E-state index in [0.29, 0.717) is 13.1 Å². The van der Waals surface area contributed by atoms with Gasteiger partial charge >= 0.3 is 0 Å². The molecule has 1 aromatic heterocycles. The van der Waals surface area contributed by atoms with Crippen molar-refractivity contribution in [3.05, 3.63) is 23.0 Å². The minimum atomic E-state index is -0.259. The van der Waals surface area contributed by atoms with Crippen molar-refractivity contribution in [2.24, 2.45) is 0 Å². The first-order valence-electron chi connectivity index (χ1n) is 6.12. The molecule has 7 heteroatoms.